The van der Waals surface area contributed by atoms with Gasteiger partial charge in [-0.1, -0.05) is 12.1 Å². The van der Waals surface area contributed by atoms with E-state index in [0.29, 0.717) is 30.3 Å². The van der Waals surface area contributed by atoms with Crippen LogP contribution in [0.1, 0.15) is 42.4 Å². The number of rotatable bonds is 4. The average molecular weight is 509 g/mol. The summed E-state index contributed by atoms with van der Waals surface area (Å²) in [5, 5.41) is 14.1. The highest BCUT2D eigenvalue weighted by atomic mass is 79.9. The van der Waals surface area contributed by atoms with Crippen LogP contribution in [0.25, 0.3) is 10.9 Å². The highest BCUT2D eigenvalue weighted by Crippen LogP contribution is 2.39. The molecule has 2 heterocycles. The Kier molecular flexibility index (Phi) is 5.61. The molecule has 1 aliphatic rings. The van der Waals surface area contributed by atoms with Crippen molar-refractivity contribution in [3.05, 3.63) is 57.3 Å². The Hall–Kier alpha value is -2.39. The lowest BCUT2D eigenvalue weighted by atomic mass is 9.96. The molecule has 2 aromatic carbocycles. The van der Waals surface area contributed by atoms with Gasteiger partial charge in [0.05, 0.1) is 28.4 Å². The summed E-state index contributed by atoms with van der Waals surface area (Å²) in [5.41, 5.74) is 1.06. The minimum absolute atomic E-state index is 0.198. The van der Waals surface area contributed by atoms with Crippen molar-refractivity contribution >= 4 is 38.3 Å². The van der Waals surface area contributed by atoms with Gasteiger partial charge < -0.3 is 15.3 Å². The Labute approximate surface area is 192 Å². The Morgan fingerprint density at radius 2 is 1.88 bits per heavy atom. The molecular weight excluding hydrogens is 485 g/mol. The van der Waals surface area contributed by atoms with Crippen LogP contribution in [0, 0.1) is 13.8 Å². The van der Waals surface area contributed by atoms with Crippen molar-refractivity contribution < 1.29 is 18.3 Å². The minimum atomic E-state index is -4.40. The number of β-amino-alcohol motifs (C(OH)–C–C–N with tert-alkyl or cyclic N) is 1. The molecule has 0 unspecified atom stereocenters. The van der Waals surface area contributed by atoms with Gasteiger partial charge in [-0.3, -0.25) is 0 Å². The Bertz CT molecular complexity index is 1190. The zero-order valence-electron chi connectivity index (χ0n) is 18.2. The minimum Gasteiger partial charge on any atom is -0.386 e. The summed E-state index contributed by atoms with van der Waals surface area (Å²) >= 11 is 3.61. The van der Waals surface area contributed by atoms with Gasteiger partial charge in [0.15, 0.2) is 0 Å². The molecule has 5 nitrogen and oxygen atoms in total. The molecule has 0 amide bonds. The van der Waals surface area contributed by atoms with E-state index in [-0.39, 0.29) is 5.56 Å². The van der Waals surface area contributed by atoms with Gasteiger partial charge in [0.2, 0.25) is 0 Å². The normalized spacial score (nSPS) is 16.7. The molecule has 2 N–H and O–H groups in total. The van der Waals surface area contributed by atoms with E-state index in [0.717, 1.165) is 27.1 Å². The number of anilines is 2. The molecule has 1 fully saturated rings. The van der Waals surface area contributed by atoms with Crippen LogP contribution in [0.5, 0.6) is 0 Å². The molecule has 1 atom stereocenters. The van der Waals surface area contributed by atoms with Crippen LogP contribution in [0.3, 0.4) is 0 Å². The van der Waals surface area contributed by atoms with Crippen LogP contribution in [-0.2, 0) is 6.18 Å². The second-order valence-corrected chi connectivity index (χ2v) is 9.53. The summed E-state index contributed by atoms with van der Waals surface area (Å²) in [7, 11) is 0. The zero-order valence-corrected chi connectivity index (χ0v) is 19.8. The predicted molar refractivity (Wildman–Crippen MR) is 123 cm³/mol. The van der Waals surface area contributed by atoms with Crippen molar-refractivity contribution in [2.45, 2.75) is 45.5 Å². The summed E-state index contributed by atoms with van der Waals surface area (Å²) in [5.74, 6) is 1.11. The zero-order chi connectivity index (χ0) is 23.4. The van der Waals surface area contributed by atoms with Crippen molar-refractivity contribution in [2.75, 3.05) is 23.3 Å². The Morgan fingerprint density at radius 3 is 2.50 bits per heavy atom. The smallest absolute Gasteiger partial charge is 0.386 e. The molecule has 170 valence electrons. The topological polar surface area (TPSA) is 61.3 Å². The van der Waals surface area contributed by atoms with Crippen LogP contribution >= 0.6 is 15.9 Å². The lowest BCUT2D eigenvalue weighted by Gasteiger charge is -2.46. The molecule has 1 aromatic heterocycles. The number of fused-ring (bicyclic) bond motifs is 1. The number of aliphatic hydroxyl groups is 1. The third-order valence-corrected chi connectivity index (χ3v) is 6.42. The highest BCUT2D eigenvalue weighted by molar-refractivity contribution is 9.10. The number of benzene rings is 2. The monoisotopic (exact) mass is 508 g/mol. The largest absolute Gasteiger partial charge is 0.416 e. The van der Waals surface area contributed by atoms with Crippen LogP contribution in [0.2, 0.25) is 0 Å². The van der Waals surface area contributed by atoms with E-state index in [4.69, 9.17) is 0 Å². The number of aromatic nitrogens is 2. The first-order valence-corrected chi connectivity index (χ1v) is 11.0. The summed E-state index contributed by atoms with van der Waals surface area (Å²) in [6, 6.07) is 7.67. The molecule has 1 aliphatic heterocycles. The van der Waals surface area contributed by atoms with E-state index in [1.165, 1.54) is 13.0 Å². The van der Waals surface area contributed by atoms with Gasteiger partial charge in [-0.15, -0.1) is 0 Å². The van der Waals surface area contributed by atoms with Crippen LogP contribution in [0.15, 0.2) is 34.8 Å². The summed E-state index contributed by atoms with van der Waals surface area (Å²) in [4.78, 5) is 11.1. The Balaban J connectivity index is 1.70. The van der Waals surface area contributed by atoms with Crippen LogP contribution in [-0.4, -0.2) is 33.8 Å². The molecule has 4 rings (SSSR count). The van der Waals surface area contributed by atoms with Gasteiger partial charge in [0.25, 0.3) is 0 Å². The number of hydrogen-bond donors (Lipinski definition) is 2. The fraction of sp³-hybridized carbons (Fsp3) is 0.391. The first-order chi connectivity index (χ1) is 14.9. The third kappa shape index (κ3) is 4.28. The molecule has 32 heavy (non-hydrogen) atoms. The first kappa shape index (κ1) is 22.8. The van der Waals surface area contributed by atoms with Gasteiger partial charge in [0.1, 0.15) is 11.6 Å². The first-order valence-electron chi connectivity index (χ1n) is 10.2. The van der Waals surface area contributed by atoms with Gasteiger partial charge in [0, 0.05) is 22.9 Å². The van der Waals surface area contributed by atoms with Gasteiger partial charge in [-0.25, -0.2) is 9.97 Å². The maximum Gasteiger partial charge on any atom is 0.416 e. The van der Waals surface area contributed by atoms with Crippen LogP contribution in [0.4, 0.5) is 24.7 Å². The maximum absolute atomic E-state index is 13.3. The predicted octanol–water partition coefficient (Wildman–Crippen LogP) is 5.77. The standard InChI is InChI=1S/C23H24BrF3N4O/c1-12-15(6-5-7-17(12)23(25,26)27)13(2)28-21-16-8-18(24)20(31-10-22(4,32)11-31)9-19(16)29-14(3)30-21/h5-9,13,32H,10-11H2,1-4H3,(H,28,29,30)/t13-/m1/s1. The molecular formula is C23H24BrF3N4O. The maximum atomic E-state index is 13.3. The number of aryl methyl sites for hydroxylation is 1. The van der Waals surface area contributed by atoms with E-state index in [1.54, 1.807) is 19.9 Å². The third-order valence-electron chi connectivity index (χ3n) is 5.78. The molecule has 9 heteroatoms. The molecule has 1 saturated heterocycles. The Morgan fingerprint density at radius 1 is 1.19 bits per heavy atom. The number of hydrogen-bond acceptors (Lipinski definition) is 5. The molecule has 0 aliphatic carbocycles. The summed E-state index contributed by atoms with van der Waals surface area (Å²) in [6.45, 7) is 7.93. The summed E-state index contributed by atoms with van der Waals surface area (Å²) in [6.07, 6.45) is -4.40. The second-order valence-electron chi connectivity index (χ2n) is 8.68. The molecule has 0 spiro atoms. The number of nitrogens with zero attached hydrogens (tertiary/aromatic N) is 3. The van der Waals surface area contributed by atoms with Crippen molar-refractivity contribution in [3.8, 4) is 0 Å². The second kappa shape index (κ2) is 7.88. The van der Waals surface area contributed by atoms with Crippen LogP contribution < -0.4 is 10.2 Å². The lowest BCUT2D eigenvalue weighted by Crippen LogP contribution is -2.60. The molecule has 0 bridgehead atoms. The van der Waals surface area contributed by atoms with E-state index in [1.807, 2.05) is 19.1 Å². The van der Waals surface area contributed by atoms with Gasteiger partial charge in [-0.05, 0) is 73.0 Å². The van der Waals surface area contributed by atoms with Crippen molar-refractivity contribution in [3.63, 3.8) is 0 Å². The van der Waals surface area contributed by atoms with Crippen molar-refractivity contribution in [2.24, 2.45) is 0 Å². The fourth-order valence-corrected chi connectivity index (χ4v) is 4.86. The number of nitrogens with one attached hydrogen (secondary N) is 1. The van der Waals surface area contributed by atoms with E-state index < -0.39 is 23.4 Å². The number of alkyl halides is 3. The summed E-state index contributed by atoms with van der Waals surface area (Å²) < 4.78 is 40.9. The molecule has 0 radical (unpaired) electrons. The van der Waals surface area contributed by atoms with E-state index in [2.05, 4.69) is 36.1 Å². The van der Waals surface area contributed by atoms with Crippen molar-refractivity contribution in [1.82, 2.24) is 9.97 Å². The lowest BCUT2D eigenvalue weighted by molar-refractivity contribution is -0.138. The van der Waals surface area contributed by atoms with Crippen molar-refractivity contribution in [1.29, 1.82) is 0 Å². The van der Waals surface area contributed by atoms with Gasteiger partial charge in [-0.2, -0.15) is 13.2 Å². The fourth-order valence-electron chi connectivity index (χ4n) is 4.27. The SMILES string of the molecule is Cc1nc(N[C@H](C)c2cccc(C(F)(F)F)c2C)c2cc(Br)c(N3CC(C)(O)C3)cc2n1. The van der Waals surface area contributed by atoms with Gasteiger partial charge >= 0.3 is 6.18 Å². The highest BCUT2D eigenvalue weighted by Gasteiger charge is 2.37. The number of halogens is 4. The average Bonchev–Trinajstić information content (AvgIpc) is 2.65. The van der Waals surface area contributed by atoms with E-state index >= 15 is 0 Å². The molecule has 0 saturated carbocycles. The molecule has 3 aromatic rings. The van der Waals surface area contributed by atoms with E-state index in [9.17, 15) is 18.3 Å². The quantitative estimate of drug-likeness (QED) is 0.468.